The maximum atomic E-state index is 9.32. The van der Waals surface area contributed by atoms with E-state index < -0.39 is 0 Å². The number of rotatable bonds is 2. The molecule has 66 valence electrons. The van der Waals surface area contributed by atoms with E-state index in [1.54, 1.807) is 12.1 Å². The fourth-order valence-electron chi connectivity index (χ4n) is 0.917. The number of hydroxylamine groups is 2. The van der Waals surface area contributed by atoms with Crippen molar-refractivity contribution >= 4 is 11.6 Å². The van der Waals surface area contributed by atoms with Crippen molar-refractivity contribution in [3.8, 4) is 5.75 Å². The summed E-state index contributed by atoms with van der Waals surface area (Å²) in [6.45, 7) is 0.281. The molecule has 1 aromatic rings. The van der Waals surface area contributed by atoms with E-state index in [4.69, 9.17) is 16.8 Å². The van der Waals surface area contributed by atoms with Crippen molar-refractivity contribution in [2.24, 2.45) is 0 Å². The van der Waals surface area contributed by atoms with E-state index in [9.17, 15) is 5.11 Å². The number of phenols is 1. The Morgan fingerprint density at radius 1 is 1.50 bits per heavy atom. The van der Waals surface area contributed by atoms with Crippen LogP contribution in [0.2, 0.25) is 5.02 Å². The van der Waals surface area contributed by atoms with Crippen LogP contribution >= 0.6 is 11.6 Å². The molecule has 0 unspecified atom stereocenters. The summed E-state index contributed by atoms with van der Waals surface area (Å²) in [5, 5.41) is 19.7. The Morgan fingerprint density at radius 3 is 2.67 bits per heavy atom. The predicted molar refractivity (Wildman–Crippen MR) is 46.4 cm³/mol. The molecule has 0 aromatic heterocycles. The molecule has 0 amide bonds. The van der Waals surface area contributed by atoms with Crippen LogP contribution in [0.15, 0.2) is 18.2 Å². The first-order valence-corrected chi connectivity index (χ1v) is 3.85. The normalized spacial score (nSPS) is 10.7. The minimum atomic E-state index is 0.100. The summed E-state index contributed by atoms with van der Waals surface area (Å²) >= 11 is 5.62. The highest BCUT2D eigenvalue weighted by Gasteiger charge is 2.02. The standard InChI is InChI=1S/C8H10ClNO2/c1-10(12)5-6-2-3-7(9)4-8(6)11/h2-4,11-12H,5H2,1H3. The number of nitrogens with zero attached hydrogens (tertiary/aromatic N) is 1. The van der Waals surface area contributed by atoms with Crippen molar-refractivity contribution < 1.29 is 10.3 Å². The van der Waals surface area contributed by atoms with Crippen LogP contribution in [-0.2, 0) is 6.54 Å². The second-order valence-electron chi connectivity index (χ2n) is 2.59. The molecule has 0 saturated heterocycles. The first kappa shape index (κ1) is 9.32. The molecule has 0 atom stereocenters. The summed E-state index contributed by atoms with van der Waals surface area (Å²) in [4.78, 5) is 0. The SMILES string of the molecule is CN(O)Cc1ccc(Cl)cc1O. The van der Waals surface area contributed by atoms with E-state index in [0.717, 1.165) is 5.06 Å². The van der Waals surface area contributed by atoms with Gasteiger partial charge < -0.3 is 10.3 Å². The van der Waals surface area contributed by atoms with Gasteiger partial charge in [-0.05, 0) is 12.1 Å². The summed E-state index contributed by atoms with van der Waals surface area (Å²) in [7, 11) is 1.51. The summed E-state index contributed by atoms with van der Waals surface area (Å²) < 4.78 is 0. The molecule has 4 heteroatoms. The molecule has 1 rings (SSSR count). The molecule has 2 N–H and O–H groups in total. The Bertz CT molecular complexity index is 276. The Hall–Kier alpha value is -0.770. The Morgan fingerprint density at radius 2 is 2.17 bits per heavy atom. The first-order chi connectivity index (χ1) is 5.59. The third-order valence-electron chi connectivity index (χ3n) is 1.45. The van der Waals surface area contributed by atoms with Crippen LogP contribution in [0.1, 0.15) is 5.56 Å². The van der Waals surface area contributed by atoms with Gasteiger partial charge in [0.2, 0.25) is 0 Å². The molecule has 3 nitrogen and oxygen atoms in total. The van der Waals surface area contributed by atoms with E-state index in [2.05, 4.69) is 0 Å². The van der Waals surface area contributed by atoms with E-state index in [1.165, 1.54) is 13.1 Å². The number of hydrogen-bond donors (Lipinski definition) is 2. The van der Waals surface area contributed by atoms with E-state index in [1.807, 2.05) is 0 Å². The van der Waals surface area contributed by atoms with E-state index >= 15 is 0 Å². The third-order valence-corrected chi connectivity index (χ3v) is 1.68. The van der Waals surface area contributed by atoms with Crippen LogP contribution in [-0.4, -0.2) is 22.4 Å². The van der Waals surface area contributed by atoms with Gasteiger partial charge >= 0.3 is 0 Å². The van der Waals surface area contributed by atoms with Gasteiger partial charge in [0, 0.05) is 17.6 Å². The Balaban J connectivity index is 2.86. The second kappa shape index (κ2) is 3.76. The molecule has 12 heavy (non-hydrogen) atoms. The quantitative estimate of drug-likeness (QED) is 0.695. The number of aromatic hydroxyl groups is 1. The van der Waals surface area contributed by atoms with Crippen molar-refractivity contribution in [3.63, 3.8) is 0 Å². The van der Waals surface area contributed by atoms with Gasteiger partial charge in [-0.2, -0.15) is 5.06 Å². The number of benzene rings is 1. The van der Waals surface area contributed by atoms with Gasteiger partial charge in [0.1, 0.15) is 5.75 Å². The average Bonchev–Trinajstić information content (AvgIpc) is 1.94. The molecule has 0 spiro atoms. The van der Waals surface area contributed by atoms with E-state index in [-0.39, 0.29) is 12.3 Å². The fraction of sp³-hybridized carbons (Fsp3) is 0.250. The van der Waals surface area contributed by atoms with E-state index in [0.29, 0.717) is 10.6 Å². The molecule has 0 bridgehead atoms. The predicted octanol–water partition coefficient (Wildman–Crippen LogP) is 1.87. The first-order valence-electron chi connectivity index (χ1n) is 3.47. The van der Waals surface area contributed by atoms with Gasteiger partial charge in [-0.3, -0.25) is 0 Å². The molecule has 0 aliphatic carbocycles. The van der Waals surface area contributed by atoms with Gasteiger partial charge in [-0.15, -0.1) is 0 Å². The molecule has 0 radical (unpaired) electrons. The highest BCUT2D eigenvalue weighted by molar-refractivity contribution is 6.30. The van der Waals surface area contributed by atoms with Gasteiger partial charge in [-0.1, -0.05) is 17.7 Å². The van der Waals surface area contributed by atoms with Crippen LogP contribution in [0.4, 0.5) is 0 Å². The summed E-state index contributed by atoms with van der Waals surface area (Å²) in [5.74, 6) is 0.100. The highest BCUT2D eigenvalue weighted by Crippen LogP contribution is 2.22. The van der Waals surface area contributed by atoms with Crippen LogP contribution in [0.25, 0.3) is 0 Å². The van der Waals surface area contributed by atoms with Gasteiger partial charge in [0.05, 0.1) is 6.54 Å². The van der Waals surface area contributed by atoms with Crippen molar-refractivity contribution in [1.29, 1.82) is 0 Å². The monoisotopic (exact) mass is 187 g/mol. The third kappa shape index (κ3) is 2.37. The van der Waals surface area contributed by atoms with Crippen LogP contribution in [0.3, 0.4) is 0 Å². The lowest BCUT2D eigenvalue weighted by Gasteiger charge is -2.09. The fourth-order valence-corrected chi connectivity index (χ4v) is 1.08. The molecule has 1 aromatic carbocycles. The summed E-state index contributed by atoms with van der Waals surface area (Å²) in [5.41, 5.74) is 0.643. The van der Waals surface area contributed by atoms with Gasteiger partial charge in [-0.25, -0.2) is 0 Å². The highest BCUT2D eigenvalue weighted by atomic mass is 35.5. The molecular formula is C8H10ClNO2. The van der Waals surface area contributed by atoms with Crippen molar-refractivity contribution in [1.82, 2.24) is 5.06 Å². The van der Waals surface area contributed by atoms with Crippen molar-refractivity contribution in [3.05, 3.63) is 28.8 Å². The lowest BCUT2D eigenvalue weighted by molar-refractivity contribution is -0.0735. The Labute approximate surface area is 75.8 Å². The van der Waals surface area contributed by atoms with Gasteiger partial charge in [0.15, 0.2) is 0 Å². The number of phenolic OH excluding ortho intramolecular Hbond substituents is 1. The average molecular weight is 188 g/mol. The van der Waals surface area contributed by atoms with Crippen LogP contribution in [0.5, 0.6) is 5.75 Å². The molecular weight excluding hydrogens is 178 g/mol. The summed E-state index contributed by atoms with van der Waals surface area (Å²) in [6, 6.07) is 4.78. The topological polar surface area (TPSA) is 43.7 Å². The molecule has 0 saturated carbocycles. The molecule has 0 heterocycles. The summed E-state index contributed by atoms with van der Waals surface area (Å²) in [6.07, 6.45) is 0. The zero-order valence-corrected chi connectivity index (χ0v) is 7.41. The molecule has 0 aliphatic rings. The van der Waals surface area contributed by atoms with Crippen LogP contribution < -0.4 is 0 Å². The maximum Gasteiger partial charge on any atom is 0.121 e. The van der Waals surface area contributed by atoms with Crippen molar-refractivity contribution in [2.45, 2.75) is 6.54 Å². The zero-order chi connectivity index (χ0) is 9.14. The Kier molecular flexibility index (Phi) is 2.92. The van der Waals surface area contributed by atoms with Crippen LogP contribution in [0, 0.1) is 0 Å². The minimum Gasteiger partial charge on any atom is -0.508 e. The van der Waals surface area contributed by atoms with Crippen molar-refractivity contribution in [2.75, 3.05) is 7.05 Å². The smallest absolute Gasteiger partial charge is 0.121 e. The second-order valence-corrected chi connectivity index (χ2v) is 3.03. The molecule has 0 fully saturated rings. The lowest BCUT2D eigenvalue weighted by Crippen LogP contribution is -2.11. The maximum absolute atomic E-state index is 9.32. The molecule has 0 aliphatic heterocycles. The van der Waals surface area contributed by atoms with Gasteiger partial charge in [0.25, 0.3) is 0 Å². The largest absolute Gasteiger partial charge is 0.508 e. The number of halogens is 1. The zero-order valence-electron chi connectivity index (χ0n) is 6.66. The minimum absolute atomic E-state index is 0.100. The lowest BCUT2D eigenvalue weighted by atomic mass is 10.2. The number of hydrogen-bond acceptors (Lipinski definition) is 3.